The number of amides is 2. The molecule has 0 aliphatic rings. The molecule has 0 saturated heterocycles. The molecule has 2 amide bonds. The summed E-state index contributed by atoms with van der Waals surface area (Å²) in [5.41, 5.74) is 1.67. The number of ether oxygens (including phenoxy) is 1. The summed E-state index contributed by atoms with van der Waals surface area (Å²) in [4.78, 5) is 25.9. The first kappa shape index (κ1) is 19.0. The summed E-state index contributed by atoms with van der Waals surface area (Å²) in [7, 11) is 1.58. The third kappa shape index (κ3) is 5.60. The highest BCUT2D eigenvalue weighted by Crippen LogP contribution is 2.20. The molecule has 1 N–H and O–H groups in total. The molecule has 25 heavy (non-hydrogen) atoms. The Morgan fingerprint density at radius 1 is 1.20 bits per heavy atom. The molecule has 0 aliphatic heterocycles. The molecule has 2 aromatic rings. The van der Waals surface area contributed by atoms with Crippen molar-refractivity contribution in [2.75, 3.05) is 18.9 Å². The van der Waals surface area contributed by atoms with Crippen molar-refractivity contribution in [3.63, 3.8) is 0 Å². The molecule has 0 spiro atoms. The quantitative estimate of drug-likeness (QED) is 0.799. The molecule has 0 heterocycles. The van der Waals surface area contributed by atoms with E-state index in [0.29, 0.717) is 5.75 Å². The molecule has 0 aliphatic carbocycles. The van der Waals surface area contributed by atoms with Crippen LogP contribution in [0.3, 0.4) is 0 Å². The van der Waals surface area contributed by atoms with Gasteiger partial charge in [-0.2, -0.15) is 0 Å². The summed E-state index contributed by atoms with van der Waals surface area (Å²) in [5, 5.41) is 2.82. The third-order valence-electron chi connectivity index (χ3n) is 3.62. The number of nitrogens with one attached hydrogen (secondary N) is 1. The Hall–Kier alpha value is -2.34. The molecule has 0 bridgehead atoms. The second-order valence-corrected chi connectivity index (χ2v) is 6.69. The second kappa shape index (κ2) is 8.67. The summed E-state index contributed by atoms with van der Waals surface area (Å²) < 4.78 is 6.55. The Bertz CT molecular complexity index is 750. The van der Waals surface area contributed by atoms with E-state index in [9.17, 15) is 9.59 Å². The van der Waals surface area contributed by atoms with Gasteiger partial charge in [-0.3, -0.25) is 9.59 Å². The lowest BCUT2D eigenvalue weighted by molar-refractivity contribution is -0.139. The van der Waals surface area contributed by atoms with Crippen LogP contribution in [0.2, 0.25) is 0 Å². The Labute approximate surface area is 156 Å². The molecular formula is C19H21BrN2O3. The minimum Gasteiger partial charge on any atom is -0.481 e. The zero-order valence-corrected chi connectivity index (χ0v) is 16.0. The van der Waals surface area contributed by atoms with Crippen LogP contribution in [0, 0.1) is 6.92 Å². The van der Waals surface area contributed by atoms with Gasteiger partial charge in [-0.25, -0.2) is 0 Å². The lowest BCUT2D eigenvalue weighted by atomic mass is 10.2. The van der Waals surface area contributed by atoms with Gasteiger partial charge in [0, 0.05) is 17.2 Å². The number of carbonyl (C=O) groups excluding carboxylic acids is 2. The van der Waals surface area contributed by atoms with Gasteiger partial charge in [-0.15, -0.1) is 0 Å². The van der Waals surface area contributed by atoms with E-state index >= 15 is 0 Å². The molecule has 2 aromatic carbocycles. The maximum Gasteiger partial charge on any atom is 0.263 e. The monoisotopic (exact) mass is 404 g/mol. The Balaban J connectivity index is 1.90. The molecule has 2 rings (SSSR count). The first-order valence-electron chi connectivity index (χ1n) is 7.89. The number of anilines is 1. The van der Waals surface area contributed by atoms with E-state index in [0.717, 1.165) is 15.7 Å². The Kier molecular flexibility index (Phi) is 6.58. The molecule has 0 saturated carbocycles. The van der Waals surface area contributed by atoms with Gasteiger partial charge in [-0.05, 0) is 49.7 Å². The average Bonchev–Trinajstić information content (AvgIpc) is 2.57. The maximum atomic E-state index is 12.4. The Morgan fingerprint density at radius 3 is 2.52 bits per heavy atom. The number of hydrogen-bond acceptors (Lipinski definition) is 3. The van der Waals surface area contributed by atoms with E-state index in [1.54, 1.807) is 26.1 Å². The highest BCUT2D eigenvalue weighted by Gasteiger charge is 2.21. The van der Waals surface area contributed by atoms with Crippen LogP contribution in [-0.4, -0.2) is 36.4 Å². The molecular weight excluding hydrogens is 384 g/mol. The fourth-order valence-electron chi connectivity index (χ4n) is 2.31. The van der Waals surface area contributed by atoms with Crippen molar-refractivity contribution in [3.05, 3.63) is 58.6 Å². The molecule has 0 fully saturated rings. The lowest BCUT2D eigenvalue weighted by Crippen LogP contribution is -2.42. The zero-order chi connectivity index (χ0) is 18.4. The van der Waals surface area contributed by atoms with Crippen molar-refractivity contribution < 1.29 is 14.3 Å². The summed E-state index contributed by atoms with van der Waals surface area (Å²) >= 11 is 3.39. The maximum absolute atomic E-state index is 12.4. The fourth-order valence-corrected chi connectivity index (χ4v) is 2.79. The van der Waals surface area contributed by atoms with Crippen molar-refractivity contribution in [1.29, 1.82) is 0 Å². The smallest absolute Gasteiger partial charge is 0.263 e. The van der Waals surface area contributed by atoms with Gasteiger partial charge < -0.3 is 15.0 Å². The second-order valence-electron chi connectivity index (χ2n) is 5.77. The van der Waals surface area contributed by atoms with Crippen LogP contribution in [0.25, 0.3) is 0 Å². The molecule has 6 heteroatoms. The summed E-state index contributed by atoms with van der Waals surface area (Å²) in [5.74, 6) is 0.103. The van der Waals surface area contributed by atoms with Gasteiger partial charge in [-0.1, -0.05) is 34.1 Å². The van der Waals surface area contributed by atoms with E-state index in [-0.39, 0.29) is 18.4 Å². The van der Waals surface area contributed by atoms with Gasteiger partial charge in [0.25, 0.3) is 5.91 Å². The molecule has 0 radical (unpaired) electrons. The van der Waals surface area contributed by atoms with Crippen molar-refractivity contribution in [2.24, 2.45) is 0 Å². The lowest BCUT2D eigenvalue weighted by Gasteiger charge is -2.22. The van der Waals surface area contributed by atoms with Gasteiger partial charge in [0.1, 0.15) is 5.75 Å². The standard InChI is InChI=1S/C19H21BrN2O3/c1-13-11-15(20)9-10-17(13)21-18(23)12-22(3)19(24)14(2)25-16-7-5-4-6-8-16/h4-11,14H,12H2,1-3H3,(H,21,23). The minimum atomic E-state index is -0.672. The number of rotatable bonds is 6. The predicted molar refractivity (Wildman–Crippen MR) is 102 cm³/mol. The van der Waals surface area contributed by atoms with Crippen LogP contribution >= 0.6 is 15.9 Å². The summed E-state index contributed by atoms with van der Waals surface area (Å²) in [6, 6.07) is 14.7. The highest BCUT2D eigenvalue weighted by molar-refractivity contribution is 9.10. The normalized spacial score (nSPS) is 11.5. The number of hydrogen-bond donors (Lipinski definition) is 1. The number of halogens is 1. The van der Waals surface area contributed by atoms with Crippen LogP contribution in [-0.2, 0) is 9.59 Å². The largest absolute Gasteiger partial charge is 0.481 e. The van der Waals surface area contributed by atoms with E-state index in [1.165, 1.54) is 4.90 Å². The van der Waals surface area contributed by atoms with E-state index in [1.807, 2.05) is 43.3 Å². The molecule has 1 unspecified atom stereocenters. The van der Waals surface area contributed by atoms with Crippen LogP contribution < -0.4 is 10.1 Å². The van der Waals surface area contributed by atoms with Gasteiger partial charge in [0.15, 0.2) is 6.10 Å². The van der Waals surface area contributed by atoms with Crippen molar-refractivity contribution >= 4 is 33.4 Å². The predicted octanol–water partition coefficient (Wildman–Crippen LogP) is 3.62. The number of carbonyl (C=O) groups is 2. The molecule has 0 aromatic heterocycles. The number of aryl methyl sites for hydroxylation is 1. The number of para-hydroxylation sites is 1. The van der Waals surface area contributed by atoms with E-state index < -0.39 is 6.10 Å². The third-order valence-corrected chi connectivity index (χ3v) is 4.12. The van der Waals surface area contributed by atoms with Crippen molar-refractivity contribution in [3.8, 4) is 5.75 Å². The molecule has 5 nitrogen and oxygen atoms in total. The van der Waals surface area contributed by atoms with E-state index in [2.05, 4.69) is 21.2 Å². The van der Waals surface area contributed by atoms with Gasteiger partial charge in [0.2, 0.25) is 5.91 Å². The minimum absolute atomic E-state index is 0.0448. The zero-order valence-electron chi connectivity index (χ0n) is 14.5. The topological polar surface area (TPSA) is 58.6 Å². The van der Waals surface area contributed by atoms with Crippen molar-refractivity contribution in [1.82, 2.24) is 4.90 Å². The van der Waals surface area contributed by atoms with Gasteiger partial charge >= 0.3 is 0 Å². The van der Waals surface area contributed by atoms with Crippen LogP contribution in [0.4, 0.5) is 5.69 Å². The average molecular weight is 405 g/mol. The number of likely N-dealkylation sites (N-methyl/N-ethyl adjacent to an activating group) is 1. The molecule has 1 atom stereocenters. The Morgan fingerprint density at radius 2 is 1.88 bits per heavy atom. The molecule has 132 valence electrons. The highest BCUT2D eigenvalue weighted by atomic mass is 79.9. The fraction of sp³-hybridized carbons (Fsp3) is 0.263. The number of nitrogens with zero attached hydrogens (tertiary/aromatic N) is 1. The van der Waals surface area contributed by atoms with Crippen LogP contribution in [0.5, 0.6) is 5.75 Å². The number of benzene rings is 2. The summed E-state index contributed by atoms with van der Waals surface area (Å²) in [6.07, 6.45) is -0.672. The SMILES string of the molecule is Cc1cc(Br)ccc1NC(=O)CN(C)C(=O)C(C)Oc1ccccc1. The van der Waals surface area contributed by atoms with Crippen LogP contribution in [0.1, 0.15) is 12.5 Å². The van der Waals surface area contributed by atoms with Gasteiger partial charge in [0.05, 0.1) is 6.54 Å². The first-order chi connectivity index (χ1) is 11.9. The van der Waals surface area contributed by atoms with Crippen molar-refractivity contribution in [2.45, 2.75) is 20.0 Å². The van der Waals surface area contributed by atoms with E-state index in [4.69, 9.17) is 4.74 Å². The van der Waals surface area contributed by atoms with Crippen LogP contribution in [0.15, 0.2) is 53.0 Å². The first-order valence-corrected chi connectivity index (χ1v) is 8.69. The summed E-state index contributed by atoms with van der Waals surface area (Å²) in [6.45, 7) is 3.53.